The highest BCUT2D eigenvalue weighted by Crippen LogP contribution is 2.25. The van der Waals surface area contributed by atoms with Crippen molar-refractivity contribution in [3.8, 4) is 0 Å². The summed E-state index contributed by atoms with van der Waals surface area (Å²) in [5.74, 6) is -1.18. The Labute approximate surface area is 135 Å². The zero-order valence-corrected chi connectivity index (χ0v) is 13.1. The number of rotatable bonds is 4. The second kappa shape index (κ2) is 7.08. The fourth-order valence-electron chi connectivity index (χ4n) is 3.32. The van der Waals surface area contributed by atoms with Crippen LogP contribution in [0.25, 0.3) is 0 Å². The lowest BCUT2D eigenvalue weighted by molar-refractivity contribution is -0.0357. The van der Waals surface area contributed by atoms with E-state index in [2.05, 4.69) is 4.98 Å². The minimum atomic E-state index is -1.09. The van der Waals surface area contributed by atoms with Crippen molar-refractivity contribution in [2.45, 2.75) is 50.7 Å². The Kier molecular flexibility index (Phi) is 4.91. The van der Waals surface area contributed by atoms with Gasteiger partial charge in [0.25, 0.3) is 5.91 Å². The summed E-state index contributed by atoms with van der Waals surface area (Å²) in [4.78, 5) is 28.8. The molecule has 6 nitrogen and oxygen atoms in total. The molecule has 1 saturated heterocycles. The minimum absolute atomic E-state index is 0.0507. The molecular weight excluding hydrogens is 296 g/mol. The zero-order chi connectivity index (χ0) is 16.2. The average molecular weight is 318 g/mol. The fourth-order valence-corrected chi connectivity index (χ4v) is 3.32. The maximum Gasteiger partial charge on any atom is 0.354 e. The van der Waals surface area contributed by atoms with Gasteiger partial charge in [-0.05, 0) is 37.8 Å². The third-order valence-corrected chi connectivity index (χ3v) is 4.65. The number of piperidine rings is 1. The molecule has 2 heterocycles. The van der Waals surface area contributed by atoms with Crippen molar-refractivity contribution in [1.29, 1.82) is 0 Å². The summed E-state index contributed by atoms with van der Waals surface area (Å²) in [5, 5.41) is 8.84. The molecule has 0 bridgehead atoms. The lowest BCUT2D eigenvalue weighted by Crippen LogP contribution is -2.41. The summed E-state index contributed by atoms with van der Waals surface area (Å²) in [6.45, 7) is 1.35. The highest BCUT2D eigenvalue weighted by molar-refractivity contribution is 5.95. The van der Waals surface area contributed by atoms with E-state index in [0.717, 1.165) is 12.8 Å². The van der Waals surface area contributed by atoms with Crippen molar-refractivity contribution in [3.63, 3.8) is 0 Å². The van der Waals surface area contributed by atoms with Crippen LogP contribution < -0.4 is 0 Å². The molecule has 1 aromatic rings. The Bertz CT molecular complexity index is 558. The van der Waals surface area contributed by atoms with Crippen LogP contribution in [0.5, 0.6) is 0 Å². The van der Waals surface area contributed by atoms with Crippen molar-refractivity contribution in [2.75, 3.05) is 13.1 Å². The Morgan fingerprint density at radius 2 is 1.74 bits per heavy atom. The summed E-state index contributed by atoms with van der Waals surface area (Å²) in [7, 11) is 0. The normalized spacial score (nSPS) is 19.9. The molecule has 0 atom stereocenters. The number of amides is 1. The second-order valence-electron chi connectivity index (χ2n) is 6.27. The first-order valence-corrected chi connectivity index (χ1v) is 8.27. The van der Waals surface area contributed by atoms with Gasteiger partial charge >= 0.3 is 5.97 Å². The fraction of sp³-hybridized carbons (Fsp3) is 0.588. The number of carboxylic acids is 1. The Hall–Kier alpha value is -1.95. The van der Waals surface area contributed by atoms with Crippen LogP contribution in [0.4, 0.5) is 0 Å². The molecule has 2 fully saturated rings. The van der Waals surface area contributed by atoms with Gasteiger partial charge in [0.2, 0.25) is 0 Å². The van der Waals surface area contributed by atoms with E-state index < -0.39 is 5.97 Å². The first-order valence-electron chi connectivity index (χ1n) is 8.27. The van der Waals surface area contributed by atoms with Gasteiger partial charge in [0.1, 0.15) is 5.69 Å². The molecule has 2 aliphatic rings. The number of hydrogen-bond acceptors (Lipinski definition) is 4. The number of aromatic carboxylic acids is 1. The first-order chi connectivity index (χ1) is 11.1. The molecule has 124 valence electrons. The van der Waals surface area contributed by atoms with Crippen LogP contribution in [0.1, 0.15) is 59.4 Å². The van der Waals surface area contributed by atoms with Crippen LogP contribution in [-0.2, 0) is 4.74 Å². The van der Waals surface area contributed by atoms with Crippen LogP contribution in [0, 0.1) is 0 Å². The number of nitrogens with zero attached hydrogens (tertiary/aromatic N) is 2. The zero-order valence-electron chi connectivity index (χ0n) is 13.1. The van der Waals surface area contributed by atoms with Crippen molar-refractivity contribution in [1.82, 2.24) is 9.88 Å². The highest BCUT2D eigenvalue weighted by Gasteiger charge is 2.27. The Morgan fingerprint density at radius 1 is 1.09 bits per heavy atom. The van der Waals surface area contributed by atoms with E-state index in [1.807, 2.05) is 0 Å². The number of carbonyl (C=O) groups excluding carboxylic acids is 1. The summed E-state index contributed by atoms with van der Waals surface area (Å²) < 4.78 is 6.11. The number of likely N-dealkylation sites (tertiary alicyclic amines) is 1. The third kappa shape index (κ3) is 3.88. The molecule has 1 saturated carbocycles. The van der Waals surface area contributed by atoms with Gasteiger partial charge in [0, 0.05) is 19.3 Å². The SMILES string of the molecule is O=C(O)c1ccc(C(=O)N2CCC(OC3CCCC3)CC2)cn1. The summed E-state index contributed by atoms with van der Waals surface area (Å²) >= 11 is 0. The third-order valence-electron chi connectivity index (χ3n) is 4.65. The van der Waals surface area contributed by atoms with Gasteiger partial charge in [-0.15, -0.1) is 0 Å². The number of pyridine rings is 1. The molecule has 23 heavy (non-hydrogen) atoms. The van der Waals surface area contributed by atoms with E-state index >= 15 is 0 Å². The van der Waals surface area contributed by atoms with Crippen molar-refractivity contribution in [2.24, 2.45) is 0 Å². The van der Waals surface area contributed by atoms with Crippen LogP contribution in [-0.4, -0.2) is 52.2 Å². The molecule has 3 rings (SSSR count). The summed E-state index contributed by atoms with van der Waals surface area (Å²) in [6, 6.07) is 2.89. The quantitative estimate of drug-likeness (QED) is 0.921. The smallest absolute Gasteiger partial charge is 0.354 e. The van der Waals surface area contributed by atoms with Crippen LogP contribution >= 0.6 is 0 Å². The van der Waals surface area contributed by atoms with Gasteiger partial charge in [-0.1, -0.05) is 12.8 Å². The van der Waals surface area contributed by atoms with Crippen LogP contribution in [0.2, 0.25) is 0 Å². The van der Waals surface area contributed by atoms with Crippen molar-refractivity contribution in [3.05, 3.63) is 29.6 Å². The maximum atomic E-state index is 12.4. The summed E-state index contributed by atoms with van der Waals surface area (Å²) in [6.07, 6.45) is 8.60. The molecule has 1 aliphatic heterocycles. The van der Waals surface area contributed by atoms with Gasteiger partial charge in [-0.2, -0.15) is 0 Å². The van der Waals surface area contributed by atoms with Crippen LogP contribution in [0.3, 0.4) is 0 Å². The second-order valence-corrected chi connectivity index (χ2v) is 6.27. The van der Waals surface area contributed by atoms with E-state index in [1.165, 1.54) is 44.0 Å². The van der Waals surface area contributed by atoms with Gasteiger partial charge in [-0.25, -0.2) is 9.78 Å². The predicted octanol–water partition coefficient (Wildman–Crippen LogP) is 2.34. The van der Waals surface area contributed by atoms with Gasteiger partial charge in [0.15, 0.2) is 0 Å². The number of aromatic nitrogens is 1. The molecular formula is C17H22N2O4. The number of ether oxygens (including phenoxy) is 1. The van der Waals surface area contributed by atoms with E-state index in [-0.39, 0.29) is 17.7 Å². The topological polar surface area (TPSA) is 79.7 Å². The molecule has 1 amide bonds. The molecule has 0 spiro atoms. The number of hydrogen-bond donors (Lipinski definition) is 1. The first kappa shape index (κ1) is 15.9. The van der Waals surface area contributed by atoms with Crippen LogP contribution in [0.15, 0.2) is 18.3 Å². The Morgan fingerprint density at radius 3 is 2.30 bits per heavy atom. The predicted molar refractivity (Wildman–Crippen MR) is 83.5 cm³/mol. The highest BCUT2D eigenvalue weighted by atomic mass is 16.5. The molecule has 0 aromatic carbocycles. The molecule has 6 heteroatoms. The van der Waals surface area contributed by atoms with E-state index in [1.54, 1.807) is 4.90 Å². The van der Waals surface area contributed by atoms with Gasteiger partial charge in [0.05, 0.1) is 17.8 Å². The lowest BCUT2D eigenvalue weighted by atomic mass is 10.1. The number of carboxylic acid groups (broad SMARTS) is 1. The molecule has 0 unspecified atom stereocenters. The van der Waals surface area contributed by atoms with E-state index in [4.69, 9.17) is 9.84 Å². The van der Waals surface area contributed by atoms with Gasteiger partial charge in [-0.3, -0.25) is 4.79 Å². The standard InChI is InChI=1S/C17H22N2O4/c20-16(12-5-6-15(17(21)22)18-11-12)19-9-7-14(8-10-19)23-13-3-1-2-4-13/h5-6,11,13-14H,1-4,7-10H2,(H,21,22). The van der Waals surface area contributed by atoms with Crippen molar-refractivity contribution < 1.29 is 19.4 Å². The van der Waals surface area contributed by atoms with Gasteiger partial charge < -0.3 is 14.7 Å². The number of carbonyl (C=O) groups is 2. The average Bonchev–Trinajstić information content (AvgIpc) is 3.08. The largest absolute Gasteiger partial charge is 0.477 e. The minimum Gasteiger partial charge on any atom is -0.477 e. The molecule has 1 aromatic heterocycles. The monoisotopic (exact) mass is 318 g/mol. The Balaban J connectivity index is 1.52. The molecule has 1 aliphatic carbocycles. The van der Waals surface area contributed by atoms with E-state index in [9.17, 15) is 9.59 Å². The summed E-state index contributed by atoms with van der Waals surface area (Å²) in [5.41, 5.74) is 0.385. The van der Waals surface area contributed by atoms with Crippen molar-refractivity contribution >= 4 is 11.9 Å². The molecule has 0 radical (unpaired) electrons. The lowest BCUT2D eigenvalue weighted by Gasteiger charge is -2.33. The maximum absolute atomic E-state index is 12.4. The van der Waals surface area contributed by atoms with E-state index in [0.29, 0.717) is 24.8 Å². The molecule has 1 N–H and O–H groups in total.